The van der Waals surface area contributed by atoms with E-state index >= 15 is 0 Å². The van der Waals surface area contributed by atoms with Gasteiger partial charge in [-0.25, -0.2) is 13.1 Å². The molecule has 142 valence electrons. The van der Waals surface area contributed by atoms with Crippen LogP contribution in [0.15, 0.2) is 47.4 Å². The van der Waals surface area contributed by atoms with Gasteiger partial charge in [0.25, 0.3) is 0 Å². The summed E-state index contributed by atoms with van der Waals surface area (Å²) in [5.74, 6) is 0.340. The second-order valence-corrected chi connectivity index (χ2v) is 9.27. The molecule has 0 bridgehead atoms. The van der Waals surface area contributed by atoms with Gasteiger partial charge in [0.05, 0.1) is 4.90 Å². The number of rotatable bonds is 5. The number of amides is 1. The van der Waals surface area contributed by atoms with E-state index in [4.69, 9.17) is 0 Å². The largest absolute Gasteiger partial charge is 0.312 e. The molecular weight excluding hydrogens is 360 g/mol. The first kappa shape index (κ1) is 18.2. The van der Waals surface area contributed by atoms with Gasteiger partial charge >= 0.3 is 0 Å². The Morgan fingerprint density at radius 1 is 1.15 bits per heavy atom. The molecule has 1 atom stereocenters. The van der Waals surface area contributed by atoms with Crippen LogP contribution in [0.3, 0.4) is 0 Å². The van der Waals surface area contributed by atoms with Crippen LogP contribution >= 0.6 is 0 Å². The van der Waals surface area contributed by atoms with E-state index in [2.05, 4.69) is 4.72 Å². The number of anilines is 1. The summed E-state index contributed by atoms with van der Waals surface area (Å²) in [6.45, 7) is 4.48. The van der Waals surface area contributed by atoms with Crippen molar-refractivity contribution in [1.82, 2.24) is 4.72 Å². The molecule has 1 N–H and O–H groups in total. The van der Waals surface area contributed by atoms with Crippen molar-refractivity contribution in [2.45, 2.75) is 44.0 Å². The first-order valence-corrected chi connectivity index (χ1v) is 10.9. The van der Waals surface area contributed by atoms with Crippen molar-refractivity contribution >= 4 is 21.6 Å². The summed E-state index contributed by atoms with van der Waals surface area (Å²) in [6.07, 6.45) is 2.64. The van der Waals surface area contributed by atoms with Gasteiger partial charge in [-0.2, -0.15) is 0 Å². The number of nitrogens with zero attached hydrogens (tertiary/aromatic N) is 1. The Balaban J connectivity index is 1.54. The van der Waals surface area contributed by atoms with E-state index in [1.165, 1.54) is 0 Å². The first-order chi connectivity index (χ1) is 12.8. The van der Waals surface area contributed by atoms with E-state index in [0.717, 1.165) is 35.2 Å². The van der Waals surface area contributed by atoms with Crippen LogP contribution in [-0.2, 0) is 21.2 Å². The Morgan fingerprint density at radius 3 is 2.52 bits per heavy atom. The standard InChI is InChI=1S/C21H24N2O3S/c1-14-3-5-16(6-4-14)15(2)22-27(25,26)19-9-10-20-18(13-19)11-12-23(20)21(24)17-7-8-17/h3-6,9-10,13,15,17,22H,7-8,11-12H2,1-2H3/t15-/m0/s1. The Kier molecular flexibility index (Phi) is 4.56. The van der Waals surface area contributed by atoms with Crippen molar-refractivity contribution in [3.8, 4) is 0 Å². The maximum atomic E-state index is 12.8. The highest BCUT2D eigenvalue weighted by atomic mass is 32.2. The molecule has 0 aromatic heterocycles. The second kappa shape index (κ2) is 6.77. The van der Waals surface area contributed by atoms with E-state index < -0.39 is 10.0 Å². The summed E-state index contributed by atoms with van der Waals surface area (Å²) in [4.78, 5) is 14.4. The van der Waals surface area contributed by atoms with Gasteiger partial charge in [0, 0.05) is 24.2 Å². The topological polar surface area (TPSA) is 66.5 Å². The molecule has 1 aliphatic carbocycles. The van der Waals surface area contributed by atoms with Crippen LogP contribution in [0.1, 0.15) is 42.5 Å². The molecule has 4 rings (SSSR count). The smallest absolute Gasteiger partial charge is 0.241 e. The predicted molar refractivity (Wildman–Crippen MR) is 105 cm³/mol. The van der Waals surface area contributed by atoms with Crippen LogP contribution in [0.4, 0.5) is 5.69 Å². The lowest BCUT2D eigenvalue weighted by molar-refractivity contribution is -0.119. The molecule has 1 fully saturated rings. The van der Waals surface area contributed by atoms with Gasteiger partial charge in [0.2, 0.25) is 15.9 Å². The van der Waals surface area contributed by atoms with Crippen LogP contribution < -0.4 is 9.62 Å². The fourth-order valence-electron chi connectivity index (χ4n) is 3.55. The quantitative estimate of drug-likeness (QED) is 0.860. The third kappa shape index (κ3) is 3.64. The van der Waals surface area contributed by atoms with Crippen molar-refractivity contribution in [2.24, 2.45) is 5.92 Å². The average molecular weight is 385 g/mol. The summed E-state index contributed by atoms with van der Waals surface area (Å²) < 4.78 is 28.4. The SMILES string of the molecule is Cc1ccc([C@H](C)NS(=O)(=O)c2ccc3c(c2)CCN3C(=O)C2CC2)cc1. The van der Waals surface area contributed by atoms with Crippen LogP contribution in [-0.4, -0.2) is 20.9 Å². The summed E-state index contributed by atoms with van der Waals surface area (Å²) in [7, 11) is -3.63. The molecule has 1 saturated carbocycles. The maximum Gasteiger partial charge on any atom is 0.241 e. The molecule has 0 saturated heterocycles. The molecule has 0 radical (unpaired) electrons. The van der Waals surface area contributed by atoms with Crippen LogP contribution in [0.2, 0.25) is 0 Å². The predicted octanol–water partition coefficient (Wildman–Crippen LogP) is 3.33. The fraction of sp³-hybridized carbons (Fsp3) is 0.381. The van der Waals surface area contributed by atoms with Crippen LogP contribution in [0.25, 0.3) is 0 Å². The monoisotopic (exact) mass is 384 g/mol. The summed E-state index contributed by atoms with van der Waals surface area (Å²) in [5.41, 5.74) is 3.84. The van der Waals surface area contributed by atoms with Crippen LogP contribution in [0.5, 0.6) is 0 Å². The summed E-state index contributed by atoms with van der Waals surface area (Å²) >= 11 is 0. The van der Waals surface area contributed by atoms with Crippen molar-refractivity contribution in [3.05, 3.63) is 59.2 Å². The Hall–Kier alpha value is -2.18. The van der Waals surface area contributed by atoms with E-state index in [9.17, 15) is 13.2 Å². The highest BCUT2D eigenvalue weighted by Crippen LogP contribution is 2.37. The average Bonchev–Trinajstić information content (AvgIpc) is 3.40. The highest BCUT2D eigenvalue weighted by Gasteiger charge is 2.36. The van der Waals surface area contributed by atoms with Gasteiger partial charge in [-0.1, -0.05) is 29.8 Å². The number of fused-ring (bicyclic) bond motifs is 1. The van der Waals surface area contributed by atoms with Gasteiger partial charge in [-0.15, -0.1) is 0 Å². The summed E-state index contributed by atoms with van der Waals surface area (Å²) in [5, 5.41) is 0. The lowest BCUT2D eigenvalue weighted by Gasteiger charge is -2.18. The minimum atomic E-state index is -3.63. The molecule has 27 heavy (non-hydrogen) atoms. The molecular formula is C21H24N2O3S. The zero-order valence-corrected chi connectivity index (χ0v) is 16.4. The zero-order valence-electron chi connectivity index (χ0n) is 15.6. The van der Waals surface area contributed by atoms with Crippen molar-refractivity contribution in [1.29, 1.82) is 0 Å². The Morgan fingerprint density at radius 2 is 1.85 bits per heavy atom. The number of sulfonamides is 1. The third-order valence-corrected chi connectivity index (χ3v) is 6.90. The number of hydrogen-bond donors (Lipinski definition) is 1. The minimum absolute atomic E-state index is 0.163. The number of aryl methyl sites for hydroxylation is 1. The van der Waals surface area contributed by atoms with Crippen molar-refractivity contribution in [2.75, 3.05) is 11.4 Å². The number of carbonyl (C=O) groups excluding carboxylic acids is 1. The molecule has 1 amide bonds. The molecule has 0 unspecified atom stereocenters. The molecule has 1 heterocycles. The fourth-order valence-corrected chi connectivity index (χ4v) is 4.83. The van der Waals surface area contributed by atoms with Crippen molar-refractivity contribution < 1.29 is 13.2 Å². The highest BCUT2D eigenvalue weighted by molar-refractivity contribution is 7.89. The van der Waals surface area contributed by atoms with Gasteiger partial charge < -0.3 is 4.90 Å². The lowest BCUT2D eigenvalue weighted by atomic mass is 10.1. The number of nitrogens with one attached hydrogen (secondary N) is 1. The zero-order chi connectivity index (χ0) is 19.2. The van der Waals surface area contributed by atoms with Gasteiger partial charge in [0.15, 0.2) is 0 Å². The number of hydrogen-bond acceptors (Lipinski definition) is 3. The molecule has 1 aliphatic heterocycles. The lowest BCUT2D eigenvalue weighted by Crippen LogP contribution is -2.30. The minimum Gasteiger partial charge on any atom is -0.312 e. The van der Waals surface area contributed by atoms with E-state index in [1.54, 1.807) is 18.2 Å². The Labute approximate surface area is 160 Å². The normalized spacial score (nSPS) is 17.6. The number of carbonyl (C=O) groups is 1. The van der Waals surface area contributed by atoms with Crippen LogP contribution in [0, 0.1) is 12.8 Å². The molecule has 2 aromatic rings. The molecule has 5 nitrogen and oxygen atoms in total. The van der Waals surface area contributed by atoms with Gasteiger partial charge in [-0.3, -0.25) is 4.79 Å². The number of benzene rings is 2. The third-order valence-electron chi connectivity index (χ3n) is 5.36. The molecule has 6 heteroatoms. The first-order valence-electron chi connectivity index (χ1n) is 9.38. The maximum absolute atomic E-state index is 12.8. The molecule has 0 spiro atoms. The Bertz CT molecular complexity index is 979. The van der Waals surface area contributed by atoms with Gasteiger partial charge in [-0.05, 0) is 62.4 Å². The van der Waals surface area contributed by atoms with E-state index in [-0.39, 0.29) is 22.8 Å². The van der Waals surface area contributed by atoms with E-state index in [0.29, 0.717) is 13.0 Å². The van der Waals surface area contributed by atoms with Gasteiger partial charge in [0.1, 0.15) is 0 Å². The van der Waals surface area contributed by atoms with E-state index in [1.807, 2.05) is 43.0 Å². The second-order valence-electron chi connectivity index (χ2n) is 7.56. The molecule has 2 aliphatic rings. The van der Waals surface area contributed by atoms with Crippen molar-refractivity contribution in [3.63, 3.8) is 0 Å². The summed E-state index contributed by atoms with van der Waals surface area (Å²) in [6, 6.07) is 12.6. The molecule has 2 aromatic carbocycles.